The molecule has 1 aliphatic rings. The highest BCUT2D eigenvalue weighted by atomic mass is 16.3. The van der Waals surface area contributed by atoms with Gasteiger partial charge in [-0.25, -0.2) is 4.98 Å². The molecule has 0 spiro atoms. The van der Waals surface area contributed by atoms with Crippen LogP contribution in [0.5, 0.6) is 0 Å². The van der Waals surface area contributed by atoms with Crippen LogP contribution in [0.2, 0.25) is 0 Å². The van der Waals surface area contributed by atoms with Gasteiger partial charge in [-0.3, -0.25) is 4.90 Å². The first-order valence-corrected chi connectivity index (χ1v) is 11.0. The second-order valence-electron chi connectivity index (χ2n) is 8.44. The van der Waals surface area contributed by atoms with Gasteiger partial charge in [0, 0.05) is 18.2 Å². The number of piperidine rings is 1. The number of rotatable bonds is 4. The molecule has 0 bridgehead atoms. The predicted molar refractivity (Wildman–Crippen MR) is 123 cm³/mol. The van der Waals surface area contributed by atoms with Crippen molar-refractivity contribution >= 4 is 11.1 Å². The van der Waals surface area contributed by atoms with E-state index in [1.807, 2.05) is 0 Å². The number of benzene rings is 2. The molecule has 0 saturated carbocycles. The zero-order valence-corrected chi connectivity index (χ0v) is 17.8. The molecule has 0 radical (unpaired) electrons. The third-order valence-electron chi connectivity index (χ3n) is 6.24. The van der Waals surface area contributed by atoms with Crippen molar-refractivity contribution in [2.75, 3.05) is 13.1 Å². The van der Waals surface area contributed by atoms with Crippen molar-refractivity contribution in [2.45, 2.75) is 39.7 Å². The molecule has 2 aromatic heterocycles. The summed E-state index contributed by atoms with van der Waals surface area (Å²) in [6.07, 6.45) is 3.96. The molecule has 1 saturated heterocycles. The molecule has 0 aliphatic carbocycles. The van der Waals surface area contributed by atoms with E-state index in [4.69, 9.17) is 9.40 Å². The van der Waals surface area contributed by atoms with E-state index in [1.54, 1.807) is 0 Å². The Morgan fingerprint density at radius 1 is 0.867 bits per heavy atom. The van der Waals surface area contributed by atoms with E-state index in [1.165, 1.54) is 49.0 Å². The molecule has 0 amide bonds. The fourth-order valence-electron chi connectivity index (χ4n) is 4.64. The summed E-state index contributed by atoms with van der Waals surface area (Å²) in [5.41, 5.74) is 8.99. The zero-order chi connectivity index (χ0) is 20.5. The Hall–Kier alpha value is -2.91. The lowest BCUT2D eigenvalue weighted by molar-refractivity contribution is 0.218. The number of pyridine rings is 1. The Kier molecular flexibility index (Phi) is 5.14. The molecule has 0 unspecified atom stereocenters. The number of furan rings is 1. The molecule has 30 heavy (non-hydrogen) atoms. The molecule has 1 aliphatic heterocycles. The summed E-state index contributed by atoms with van der Waals surface area (Å²) >= 11 is 0. The quantitative estimate of drug-likeness (QED) is 0.381. The highest BCUT2D eigenvalue weighted by Gasteiger charge is 2.16. The molecule has 0 atom stereocenters. The summed E-state index contributed by atoms with van der Waals surface area (Å²) in [5.74, 6) is 0.894. The Labute approximate surface area is 178 Å². The van der Waals surface area contributed by atoms with Gasteiger partial charge in [-0.2, -0.15) is 0 Å². The first-order valence-electron chi connectivity index (χ1n) is 11.0. The minimum atomic E-state index is 0.894. The topological polar surface area (TPSA) is 29.3 Å². The SMILES string of the molecule is Cc1c(-c2ccccc2)cccc1-c1cc2nc(CN3CCCCC3)cc(C)c2o1. The fourth-order valence-corrected chi connectivity index (χ4v) is 4.64. The highest BCUT2D eigenvalue weighted by molar-refractivity contribution is 5.84. The lowest BCUT2D eigenvalue weighted by atomic mass is 9.95. The molecule has 5 rings (SSSR count). The maximum absolute atomic E-state index is 6.33. The first kappa shape index (κ1) is 19.1. The van der Waals surface area contributed by atoms with Gasteiger partial charge in [-0.15, -0.1) is 0 Å². The van der Waals surface area contributed by atoms with Crippen LogP contribution in [-0.2, 0) is 6.54 Å². The van der Waals surface area contributed by atoms with Crippen molar-refractivity contribution in [1.29, 1.82) is 0 Å². The van der Waals surface area contributed by atoms with E-state index < -0.39 is 0 Å². The minimum Gasteiger partial charge on any atom is -0.454 e. The molecular formula is C27H28N2O. The molecular weight excluding hydrogens is 368 g/mol. The molecule has 0 N–H and O–H groups in total. The lowest BCUT2D eigenvalue weighted by Gasteiger charge is -2.26. The zero-order valence-electron chi connectivity index (χ0n) is 17.8. The molecule has 4 aromatic rings. The summed E-state index contributed by atoms with van der Waals surface area (Å²) in [6, 6.07) is 21.3. The molecule has 2 aromatic carbocycles. The van der Waals surface area contributed by atoms with Crippen LogP contribution in [0.15, 0.2) is 65.1 Å². The summed E-state index contributed by atoms with van der Waals surface area (Å²) in [5, 5.41) is 0. The summed E-state index contributed by atoms with van der Waals surface area (Å²) < 4.78 is 6.33. The van der Waals surface area contributed by atoms with Crippen LogP contribution in [0.3, 0.4) is 0 Å². The Morgan fingerprint density at radius 2 is 1.63 bits per heavy atom. The van der Waals surface area contributed by atoms with Gasteiger partial charge < -0.3 is 4.42 Å². The number of likely N-dealkylation sites (tertiary alicyclic amines) is 1. The lowest BCUT2D eigenvalue weighted by Crippen LogP contribution is -2.29. The van der Waals surface area contributed by atoms with Crippen LogP contribution in [0, 0.1) is 13.8 Å². The van der Waals surface area contributed by atoms with E-state index in [2.05, 4.69) is 79.4 Å². The van der Waals surface area contributed by atoms with E-state index >= 15 is 0 Å². The van der Waals surface area contributed by atoms with Gasteiger partial charge in [-0.05, 0) is 68.1 Å². The van der Waals surface area contributed by atoms with E-state index in [-0.39, 0.29) is 0 Å². The van der Waals surface area contributed by atoms with Gasteiger partial charge in [-0.1, -0.05) is 55.0 Å². The van der Waals surface area contributed by atoms with Crippen molar-refractivity contribution in [3.63, 3.8) is 0 Å². The second-order valence-corrected chi connectivity index (χ2v) is 8.44. The monoisotopic (exact) mass is 396 g/mol. The maximum Gasteiger partial charge on any atom is 0.156 e. The molecule has 152 valence electrons. The minimum absolute atomic E-state index is 0.894. The predicted octanol–water partition coefficient (Wildman–Crippen LogP) is 6.76. The van der Waals surface area contributed by atoms with Gasteiger partial charge in [0.1, 0.15) is 11.3 Å². The maximum atomic E-state index is 6.33. The van der Waals surface area contributed by atoms with Gasteiger partial charge in [0.15, 0.2) is 5.58 Å². The average molecular weight is 397 g/mol. The number of hydrogen-bond donors (Lipinski definition) is 0. The van der Waals surface area contributed by atoms with Gasteiger partial charge in [0.2, 0.25) is 0 Å². The van der Waals surface area contributed by atoms with E-state index in [0.29, 0.717) is 0 Å². The van der Waals surface area contributed by atoms with Crippen molar-refractivity contribution in [1.82, 2.24) is 9.88 Å². The van der Waals surface area contributed by atoms with Crippen molar-refractivity contribution in [2.24, 2.45) is 0 Å². The number of aryl methyl sites for hydroxylation is 1. The van der Waals surface area contributed by atoms with Crippen LogP contribution in [0.1, 0.15) is 36.1 Å². The molecule has 3 heteroatoms. The second kappa shape index (κ2) is 8.08. The number of hydrogen-bond acceptors (Lipinski definition) is 3. The smallest absolute Gasteiger partial charge is 0.156 e. The fraction of sp³-hybridized carbons (Fsp3) is 0.296. The van der Waals surface area contributed by atoms with E-state index in [0.717, 1.165) is 40.2 Å². The first-order chi connectivity index (χ1) is 14.7. The Morgan fingerprint density at radius 3 is 2.43 bits per heavy atom. The van der Waals surface area contributed by atoms with Crippen molar-refractivity contribution < 1.29 is 4.42 Å². The van der Waals surface area contributed by atoms with Crippen LogP contribution >= 0.6 is 0 Å². The largest absolute Gasteiger partial charge is 0.454 e. The summed E-state index contributed by atoms with van der Waals surface area (Å²) in [7, 11) is 0. The Balaban J connectivity index is 1.52. The molecule has 3 nitrogen and oxygen atoms in total. The van der Waals surface area contributed by atoms with Gasteiger partial charge >= 0.3 is 0 Å². The highest BCUT2D eigenvalue weighted by Crippen LogP contribution is 2.35. The number of aromatic nitrogens is 1. The van der Waals surface area contributed by atoms with Crippen LogP contribution < -0.4 is 0 Å². The van der Waals surface area contributed by atoms with Crippen molar-refractivity contribution in [3.05, 3.63) is 77.5 Å². The normalized spacial score (nSPS) is 15.0. The van der Waals surface area contributed by atoms with Crippen LogP contribution in [0.4, 0.5) is 0 Å². The third kappa shape index (κ3) is 3.66. The van der Waals surface area contributed by atoms with Crippen molar-refractivity contribution in [3.8, 4) is 22.5 Å². The summed E-state index contributed by atoms with van der Waals surface area (Å²) in [4.78, 5) is 7.47. The third-order valence-corrected chi connectivity index (χ3v) is 6.24. The average Bonchev–Trinajstić information content (AvgIpc) is 3.20. The van der Waals surface area contributed by atoms with Crippen LogP contribution in [0.25, 0.3) is 33.6 Å². The van der Waals surface area contributed by atoms with Gasteiger partial charge in [0.25, 0.3) is 0 Å². The van der Waals surface area contributed by atoms with Gasteiger partial charge in [0.05, 0.1) is 5.69 Å². The number of fused-ring (bicyclic) bond motifs is 1. The standard InChI is InChI=1S/C27H28N2O/c1-19-16-22(18-29-14-7-4-8-15-29)28-25-17-26(30-27(19)25)24-13-9-12-23(20(24)2)21-10-5-3-6-11-21/h3,5-6,9-13,16-17H,4,7-8,14-15,18H2,1-2H3. The summed E-state index contributed by atoms with van der Waals surface area (Å²) in [6.45, 7) is 7.60. The Bertz CT molecular complexity index is 1170. The van der Waals surface area contributed by atoms with Crippen LogP contribution in [-0.4, -0.2) is 23.0 Å². The molecule has 1 fully saturated rings. The number of nitrogens with zero attached hydrogens (tertiary/aromatic N) is 2. The van der Waals surface area contributed by atoms with E-state index in [9.17, 15) is 0 Å². The molecule has 3 heterocycles.